The van der Waals surface area contributed by atoms with Gasteiger partial charge < -0.3 is 0 Å². The van der Waals surface area contributed by atoms with Gasteiger partial charge in [0.1, 0.15) is 7.05 Å². The average Bonchev–Trinajstić information content (AvgIpc) is 2.86. The number of pyridine rings is 1. The van der Waals surface area contributed by atoms with Gasteiger partial charge in [0, 0.05) is 33.6 Å². The standard InChI is InChI=1S/C29H30N/c1-19-11-7-8-14-24(19)25-15-10-16-26(23(25)5)28-17-27(22(4)18-30(28)6)29-20(2)12-9-13-21(29)3/h7-18H,1-6H3/q+1/i1D3,2D3,3D3,4D3. The van der Waals surface area contributed by atoms with E-state index in [1.54, 1.807) is 54.1 Å². The van der Waals surface area contributed by atoms with Crippen LogP contribution in [0.1, 0.15) is 44.3 Å². The first-order chi connectivity index (χ1) is 19.2. The molecule has 0 aliphatic heterocycles. The summed E-state index contributed by atoms with van der Waals surface area (Å²) >= 11 is 0. The van der Waals surface area contributed by atoms with Crippen LogP contribution in [0.25, 0.3) is 33.5 Å². The number of rotatable bonds is 3. The lowest BCUT2D eigenvalue weighted by molar-refractivity contribution is -0.660. The highest BCUT2D eigenvalue weighted by atomic mass is 14.9. The molecule has 150 valence electrons. The Hall–Kier alpha value is -3.19. The lowest BCUT2D eigenvalue weighted by Gasteiger charge is -2.16. The van der Waals surface area contributed by atoms with E-state index in [0.29, 0.717) is 27.9 Å². The zero-order valence-electron chi connectivity index (χ0n) is 28.9. The highest BCUT2D eigenvalue weighted by molar-refractivity contribution is 5.81. The van der Waals surface area contributed by atoms with Gasteiger partial charge in [-0.15, -0.1) is 0 Å². The predicted octanol–water partition coefficient (Wildman–Crippen LogP) is 7.05. The average molecular weight is 405 g/mol. The molecule has 1 aromatic heterocycles. The van der Waals surface area contributed by atoms with Crippen LogP contribution in [0.4, 0.5) is 0 Å². The van der Waals surface area contributed by atoms with Crippen LogP contribution in [-0.2, 0) is 7.05 Å². The Kier molecular flexibility index (Phi) is 2.69. The van der Waals surface area contributed by atoms with E-state index in [9.17, 15) is 0 Å². The van der Waals surface area contributed by atoms with E-state index < -0.39 is 27.4 Å². The minimum absolute atomic E-state index is 0.0198. The quantitative estimate of drug-likeness (QED) is 0.322. The molecule has 0 amide bonds. The molecule has 0 fully saturated rings. The first kappa shape index (κ1) is 10.2. The van der Waals surface area contributed by atoms with Gasteiger partial charge in [-0.1, -0.05) is 54.6 Å². The third kappa shape index (κ3) is 3.45. The molecule has 0 unspecified atom stereocenters. The summed E-state index contributed by atoms with van der Waals surface area (Å²) in [5, 5.41) is 0. The van der Waals surface area contributed by atoms with Crippen molar-refractivity contribution in [2.24, 2.45) is 7.05 Å². The zero-order chi connectivity index (χ0) is 31.4. The first-order valence-corrected chi connectivity index (χ1v) is 9.61. The number of nitrogens with zero attached hydrogens (tertiary/aromatic N) is 1. The summed E-state index contributed by atoms with van der Waals surface area (Å²) in [6.45, 7) is -8.69. The van der Waals surface area contributed by atoms with Gasteiger partial charge >= 0.3 is 0 Å². The molecule has 0 aliphatic carbocycles. The third-order valence-electron chi connectivity index (χ3n) is 5.43. The van der Waals surface area contributed by atoms with E-state index in [0.717, 1.165) is 0 Å². The summed E-state index contributed by atoms with van der Waals surface area (Å²) < 4.78 is 99.2. The molecule has 0 radical (unpaired) electrons. The molecule has 0 saturated carbocycles. The van der Waals surface area contributed by atoms with Gasteiger partial charge in [0.05, 0.1) is 0 Å². The lowest BCUT2D eigenvalue weighted by Crippen LogP contribution is -2.31. The fraction of sp³-hybridized carbons (Fsp3) is 0.207. The van der Waals surface area contributed by atoms with Crippen LogP contribution in [0.2, 0.25) is 0 Å². The Morgan fingerprint density at radius 3 is 1.97 bits per heavy atom. The zero-order valence-corrected chi connectivity index (χ0v) is 16.9. The molecule has 4 aromatic rings. The summed E-state index contributed by atoms with van der Waals surface area (Å²) in [7, 11) is 1.65. The molecule has 0 N–H and O–H groups in total. The van der Waals surface area contributed by atoms with Crippen molar-refractivity contribution in [3.8, 4) is 33.5 Å². The van der Waals surface area contributed by atoms with Crippen molar-refractivity contribution in [1.29, 1.82) is 0 Å². The highest BCUT2D eigenvalue weighted by Crippen LogP contribution is 2.35. The van der Waals surface area contributed by atoms with E-state index in [2.05, 4.69) is 0 Å². The number of aryl methyl sites for hydroxylation is 5. The summed E-state index contributed by atoms with van der Waals surface area (Å²) in [6, 6.07) is 17.5. The smallest absolute Gasteiger partial charge is 0.201 e. The Morgan fingerprint density at radius 2 is 1.23 bits per heavy atom. The molecule has 0 bridgehead atoms. The van der Waals surface area contributed by atoms with E-state index in [-0.39, 0.29) is 33.4 Å². The van der Waals surface area contributed by atoms with Crippen molar-refractivity contribution in [2.75, 3.05) is 0 Å². The Balaban J connectivity index is 2.11. The molecule has 1 nitrogen and oxygen atoms in total. The van der Waals surface area contributed by atoms with Gasteiger partial charge in [-0.05, 0) is 84.9 Å². The summed E-state index contributed by atoms with van der Waals surface area (Å²) in [4.78, 5) is 0. The molecule has 30 heavy (non-hydrogen) atoms. The second-order valence-corrected chi connectivity index (χ2v) is 7.35. The van der Waals surface area contributed by atoms with Gasteiger partial charge in [0.25, 0.3) is 0 Å². The Bertz CT molecular complexity index is 1610. The second-order valence-electron chi connectivity index (χ2n) is 7.35. The van der Waals surface area contributed by atoms with Crippen LogP contribution >= 0.6 is 0 Å². The fourth-order valence-corrected chi connectivity index (χ4v) is 3.89. The molecule has 1 heteroatoms. The molecule has 0 aliphatic rings. The number of hydrogen-bond donors (Lipinski definition) is 0. The maximum atomic E-state index is 8.24. The van der Waals surface area contributed by atoms with Crippen LogP contribution < -0.4 is 4.57 Å². The molecule has 4 rings (SSSR count). The fourth-order valence-electron chi connectivity index (χ4n) is 3.89. The number of aromatic nitrogens is 1. The van der Waals surface area contributed by atoms with E-state index in [4.69, 9.17) is 16.4 Å². The molecular formula is C29H30N+. The summed E-state index contributed by atoms with van der Waals surface area (Å²) in [5.74, 6) is 0. The predicted molar refractivity (Wildman–Crippen MR) is 128 cm³/mol. The minimum Gasteiger partial charge on any atom is -0.201 e. The largest absolute Gasteiger partial charge is 0.213 e. The van der Waals surface area contributed by atoms with Crippen molar-refractivity contribution in [3.05, 3.63) is 101 Å². The van der Waals surface area contributed by atoms with E-state index in [1.807, 2.05) is 6.92 Å². The SMILES string of the molecule is [2H]C([2H])([2H])c1ccccc1-c1cccc(-c2cc(-c3c(C([2H])([2H])[2H])cccc3C([2H])([2H])[2H])c(C([2H])([2H])[2H])c[n+]2C)c1C. The van der Waals surface area contributed by atoms with E-state index in [1.165, 1.54) is 30.5 Å². The van der Waals surface area contributed by atoms with Crippen LogP contribution in [0.3, 0.4) is 0 Å². The van der Waals surface area contributed by atoms with E-state index >= 15 is 0 Å². The molecule has 0 saturated heterocycles. The van der Waals surface area contributed by atoms with Crippen molar-refractivity contribution in [3.63, 3.8) is 0 Å². The Morgan fingerprint density at radius 1 is 0.633 bits per heavy atom. The normalized spacial score (nSPS) is 18.6. The van der Waals surface area contributed by atoms with Gasteiger partial charge in [0.2, 0.25) is 5.69 Å². The summed E-state index contributed by atoms with van der Waals surface area (Å²) in [6.07, 6.45) is 1.37. The topological polar surface area (TPSA) is 3.88 Å². The third-order valence-corrected chi connectivity index (χ3v) is 5.43. The second kappa shape index (κ2) is 7.91. The number of hydrogen-bond acceptors (Lipinski definition) is 0. The van der Waals surface area contributed by atoms with Crippen LogP contribution in [0, 0.1) is 34.3 Å². The highest BCUT2D eigenvalue weighted by Gasteiger charge is 2.20. The van der Waals surface area contributed by atoms with Gasteiger partial charge in [0.15, 0.2) is 6.20 Å². The molecule has 1 heterocycles. The Labute approximate surface area is 197 Å². The van der Waals surface area contributed by atoms with Crippen molar-refractivity contribution in [1.82, 2.24) is 0 Å². The van der Waals surface area contributed by atoms with Crippen LogP contribution in [0.15, 0.2) is 72.9 Å². The van der Waals surface area contributed by atoms with Crippen molar-refractivity contribution in [2.45, 2.75) is 34.3 Å². The van der Waals surface area contributed by atoms with Crippen LogP contribution in [-0.4, -0.2) is 0 Å². The van der Waals surface area contributed by atoms with Gasteiger partial charge in [-0.2, -0.15) is 0 Å². The molecular weight excluding hydrogens is 362 g/mol. The maximum Gasteiger partial charge on any atom is 0.213 e. The minimum atomic E-state index is -2.73. The molecule has 3 aromatic carbocycles. The van der Waals surface area contributed by atoms with Crippen molar-refractivity contribution < 1.29 is 21.0 Å². The van der Waals surface area contributed by atoms with Gasteiger partial charge in [-0.25, -0.2) is 4.57 Å². The summed E-state index contributed by atoms with van der Waals surface area (Å²) in [5.41, 5.74) is 2.29. The molecule has 0 spiro atoms. The number of benzene rings is 3. The monoisotopic (exact) mass is 404 g/mol. The maximum absolute atomic E-state index is 8.24. The lowest BCUT2D eigenvalue weighted by atomic mass is 9.89. The van der Waals surface area contributed by atoms with Gasteiger partial charge in [-0.3, -0.25) is 0 Å². The molecule has 0 atom stereocenters. The van der Waals surface area contributed by atoms with Crippen LogP contribution in [0.5, 0.6) is 0 Å². The van der Waals surface area contributed by atoms with Crippen molar-refractivity contribution >= 4 is 0 Å². The first-order valence-electron chi connectivity index (χ1n) is 15.6.